The van der Waals surface area contributed by atoms with Gasteiger partial charge in [0.15, 0.2) is 5.69 Å². The van der Waals surface area contributed by atoms with Gasteiger partial charge in [-0.05, 0) is 18.5 Å². The maximum absolute atomic E-state index is 11.4. The lowest BCUT2D eigenvalue weighted by molar-refractivity contribution is -0.141. The zero-order valence-corrected chi connectivity index (χ0v) is 9.32. The molecule has 1 atom stereocenters. The number of hydrogen-bond acceptors (Lipinski definition) is 6. The van der Waals surface area contributed by atoms with Gasteiger partial charge >= 0.3 is 5.97 Å². The first-order chi connectivity index (χ1) is 7.41. The fraction of sp³-hybridized carbons (Fsp3) is 0.500. The van der Waals surface area contributed by atoms with Crippen LogP contribution in [-0.4, -0.2) is 43.8 Å². The van der Waals surface area contributed by atoms with Crippen LogP contribution in [0.25, 0.3) is 0 Å². The maximum atomic E-state index is 11.4. The van der Waals surface area contributed by atoms with Gasteiger partial charge in [-0.1, -0.05) is 4.49 Å². The van der Waals surface area contributed by atoms with Crippen LogP contribution in [0.1, 0.15) is 23.8 Å². The first-order valence-electron chi connectivity index (χ1n) is 4.40. The monoisotopic (exact) mass is 245 g/mol. The summed E-state index contributed by atoms with van der Waals surface area (Å²) in [6, 6.07) is 0. The summed E-state index contributed by atoms with van der Waals surface area (Å²) < 4.78 is 3.51. The number of carboxylic acid groups (broad SMARTS) is 1. The summed E-state index contributed by atoms with van der Waals surface area (Å²) in [5.74, 6) is -1.62. The summed E-state index contributed by atoms with van der Waals surface area (Å²) in [4.78, 5) is 21.8. The minimum atomic E-state index is -1.48. The second-order valence-electron chi connectivity index (χ2n) is 3.54. The highest BCUT2D eigenvalue weighted by atomic mass is 32.1. The van der Waals surface area contributed by atoms with E-state index < -0.39 is 23.9 Å². The van der Waals surface area contributed by atoms with Gasteiger partial charge in [-0.25, -0.2) is 0 Å². The molecule has 0 spiro atoms. The van der Waals surface area contributed by atoms with Crippen molar-refractivity contribution in [1.29, 1.82) is 0 Å². The van der Waals surface area contributed by atoms with E-state index >= 15 is 0 Å². The number of rotatable bonds is 5. The SMILES string of the molecule is CC(O)(CNC(=O)c1csnn1)CC(=O)O. The van der Waals surface area contributed by atoms with Crippen molar-refractivity contribution in [1.82, 2.24) is 14.9 Å². The van der Waals surface area contributed by atoms with Crippen LogP contribution < -0.4 is 5.32 Å². The molecule has 1 amide bonds. The lowest BCUT2D eigenvalue weighted by atomic mass is 10.0. The molecule has 8 heteroatoms. The number of carboxylic acids is 1. The van der Waals surface area contributed by atoms with Crippen LogP contribution in [-0.2, 0) is 4.79 Å². The minimum absolute atomic E-state index is 0.149. The normalized spacial score (nSPS) is 14.1. The van der Waals surface area contributed by atoms with Gasteiger partial charge in [-0.2, -0.15) is 0 Å². The molecule has 88 valence electrons. The van der Waals surface area contributed by atoms with Crippen LogP contribution in [0.4, 0.5) is 0 Å². The predicted molar refractivity (Wildman–Crippen MR) is 55.1 cm³/mol. The topological polar surface area (TPSA) is 112 Å². The quantitative estimate of drug-likeness (QED) is 0.644. The molecule has 1 heterocycles. The Kier molecular flexibility index (Phi) is 3.91. The van der Waals surface area contributed by atoms with Crippen molar-refractivity contribution < 1.29 is 19.8 Å². The number of hydrogen-bond donors (Lipinski definition) is 3. The summed E-state index contributed by atoms with van der Waals surface area (Å²) in [5, 5.41) is 25.5. The zero-order valence-electron chi connectivity index (χ0n) is 8.51. The van der Waals surface area contributed by atoms with Gasteiger partial charge in [-0.15, -0.1) is 5.10 Å². The molecule has 7 nitrogen and oxygen atoms in total. The lowest BCUT2D eigenvalue weighted by Gasteiger charge is -2.20. The van der Waals surface area contributed by atoms with Gasteiger partial charge in [0, 0.05) is 11.9 Å². The van der Waals surface area contributed by atoms with E-state index in [0.29, 0.717) is 0 Å². The van der Waals surface area contributed by atoms with Gasteiger partial charge in [0.25, 0.3) is 5.91 Å². The summed E-state index contributed by atoms with van der Waals surface area (Å²) >= 11 is 1.03. The van der Waals surface area contributed by atoms with Gasteiger partial charge in [0.2, 0.25) is 0 Å². The molecule has 0 saturated carbocycles. The van der Waals surface area contributed by atoms with Crippen molar-refractivity contribution in [3.05, 3.63) is 11.1 Å². The molecule has 0 saturated heterocycles. The molecule has 1 rings (SSSR count). The smallest absolute Gasteiger partial charge is 0.306 e. The largest absolute Gasteiger partial charge is 0.481 e. The van der Waals surface area contributed by atoms with E-state index in [9.17, 15) is 14.7 Å². The number of amides is 1. The molecule has 1 unspecified atom stereocenters. The Morgan fingerprint density at radius 1 is 1.62 bits per heavy atom. The summed E-state index contributed by atoms with van der Waals surface area (Å²) in [5.41, 5.74) is -1.33. The molecular formula is C8H11N3O4S. The first kappa shape index (κ1) is 12.5. The molecule has 16 heavy (non-hydrogen) atoms. The third kappa shape index (κ3) is 3.91. The highest BCUT2D eigenvalue weighted by Gasteiger charge is 2.25. The second-order valence-corrected chi connectivity index (χ2v) is 4.15. The zero-order chi connectivity index (χ0) is 12.2. The van der Waals surface area contributed by atoms with E-state index in [2.05, 4.69) is 14.9 Å². The Bertz CT molecular complexity index is 377. The van der Waals surface area contributed by atoms with E-state index in [4.69, 9.17) is 5.11 Å². The minimum Gasteiger partial charge on any atom is -0.481 e. The summed E-state index contributed by atoms with van der Waals surface area (Å²) in [6.45, 7) is 1.18. The average Bonchev–Trinajstić information content (AvgIpc) is 2.64. The number of aliphatic hydroxyl groups is 1. The van der Waals surface area contributed by atoms with Gasteiger partial charge in [-0.3, -0.25) is 9.59 Å². The third-order valence-electron chi connectivity index (χ3n) is 1.75. The van der Waals surface area contributed by atoms with Crippen molar-refractivity contribution in [2.45, 2.75) is 18.9 Å². The van der Waals surface area contributed by atoms with Crippen LogP contribution in [0.2, 0.25) is 0 Å². The van der Waals surface area contributed by atoms with Gasteiger partial charge in [0.1, 0.15) is 0 Å². The second kappa shape index (κ2) is 4.99. The van der Waals surface area contributed by atoms with E-state index in [1.54, 1.807) is 0 Å². The molecular weight excluding hydrogens is 234 g/mol. The van der Waals surface area contributed by atoms with Crippen LogP contribution in [0.3, 0.4) is 0 Å². The van der Waals surface area contributed by atoms with Gasteiger partial charge < -0.3 is 15.5 Å². The van der Waals surface area contributed by atoms with E-state index in [1.807, 2.05) is 0 Å². The first-order valence-corrected chi connectivity index (χ1v) is 5.24. The fourth-order valence-corrected chi connectivity index (χ4v) is 1.45. The Hall–Kier alpha value is -1.54. The number of nitrogens with one attached hydrogen (secondary N) is 1. The van der Waals surface area contributed by atoms with Crippen LogP contribution >= 0.6 is 11.5 Å². The molecule has 0 fully saturated rings. The van der Waals surface area contributed by atoms with E-state index in [0.717, 1.165) is 11.5 Å². The van der Waals surface area contributed by atoms with Crippen LogP contribution in [0.5, 0.6) is 0 Å². The number of carbonyl (C=O) groups excluding carboxylic acids is 1. The lowest BCUT2D eigenvalue weighted by Crippen LogP contribution is -2.42. The summed E-state index contributed by atoms with van der Waals surface area (Å²) in [6.07, 6.45) is -0.442. The van der Waals surface area contributed by atoms with Gasteiger partial charge in [0.05, 0.1) is 12.0 Å². The maximum Gasteiger partial charge on any atom is 0.306 e. The molecule has 0 radical (unpaired) electrons. The van der Waals surface area contributed by atoms with Crippen molar-refractivity contribution in [2.75, 3.05) is 6.54 Å². The third-order valence-corrected chi connectivity index (χ3v) is 2.26. The Morgan fingerprint density at radius 3 is 2.81 bits per heavy atom. The van der Waals surface area contributed by atoms with Crippen LogP contribution in [0, 0.1) is 0 Å². The Labute approximate surface area is 95.3 Å². The number of nitrogens with zero attached hydrogens (tertiary/aromatic N) is 2. The molecule has 1 aromatic rings. The van der Waals surface area contributed by atoms with E-state index in [1.165, 1.54) is 12.3 Å². The molecule has 1 aromatic heterocycles. The molecule has 0 aliphatic heterocycles. The Morgan fingerprint density at radius 2 is 2.31 bits per heavy atom. The van der Waals surface area contributed by atoms with Crippen LogP contribution in [0.15, 0.2) is 5.38 Å². The van der Waals surface area contributed by atoms with Crippen molar-refractivity contribution in [3.8, 4) is 0 Å². The number of carbonyl (C=O) groups is 2. The highest BCUT2D eigenvalue weighted by molar-refractivity contribution is 7.03. The predicted octanol–water partition coefficient (Wildman–Crippen LogP) is -0.506. The molecule has 0 aliphatic rings. The molecule has 0 aliphatic carbocycles. The molecule has 0 bridgehead atoms. The Balaban J connectivity index is 2.45. The van der Waals surface area contributed by atoms with E-state index in [-0.39, 0.29) is 12.2 Å². The number of aromatic nitrogens is 2. The van der Waals surface area contributed by atoms with Crippen molar-refractivity contribution in [3.63, 3.8) is 0 Å². The summed E-state index contributed by atoms with van der Waals surface area (Å²) in [7, 11) is 0. The number of aliphatic carboxylic acids is 1. The van der Waals surface area contributed by atoms with Crippen molar-refractivity contribution >= 4 is 23.4 Å². The standard InChI is InChI=1S/C8H11N3O4S/c1-8(15,2-6(12)13)4-9-7(14)5-3-16-11-10-5/h3,15H,2,4H2,1H3,(H,9,14)(H,12,13). The highest BCUT2D eigenvalue weighted by Crippen LogP contribution is 2.07. The average molecular weight is 245 g/mol. The molecule has 3 N–H and O–H groups in total. The van der Waals surface area contributed by atoms with Crippen molar-refractivity contribution in [2.24, 2.45) is 0 Å². The molecule has 0 aromatic carbocycles. The fourth-order valence-electron chi connectivity index (χ4n) is 1.01.